The zero-order valence-corrected chi connectivity index (χ0v) is 12.7. The van der Waals surface area contributed by atoms with Crippen LogP contribution < -0.4 is 5.32 Å². The van der Waals surface area contributed by atoms with E-state index < -0.39 is 0 Å². The molecule has 1 atom stereocenters. The van der Waals surface area contributed by atoms with Crippen molar-refractivity contribution in [2.45, 2.75) is 25.8 Å². The van der Waals surface area contributed by atoms with Gasteiger partial charge in [-0.05, 0) is 43.0 Å². The van der Waals surface area contributed by atoms with Gasteiger partial charge in [-0.15, -0.1) is 0 Å². The van der Waals surface area contributed by atoms with E-state index in [0.717, 1.165) is 31.9 Å². The zero-order chi connectivity index (χ0) is 14.5. The van der Waals surface area contributed by atoms with Crippen LogP contribution in [0.3, 0.4) is 0 Å². The molecule has 1 aromatic heterocycles. The zero-order valence-electron chi connectivity index (χ0n) is 12.7. The molecule has 21 heavy (non-hydrogen) atoms. The molecule has 2 aromatic rings. The molecule has 3 rings (SSSR count). The Morgan fingerprint density at radius 2 is 1.81 bits per heavy atom. The largest absolute Gasteiger partial charge is 0.468 e. The van der Waals surface area contributed by atoms with E-state index in [0.29, 0.717) is 0 Å². The van der Waals surface area contributed by atoms with Crippen molar-refractivity contribution in [3.8, 4) is 0 Å². The molecule has 0 radical (unpaired) electrons. The van der Waals surface area contributed by atoms with Gasteiger partial charge in [0.05, 0.1) is 12.3 Å². The van der Waals surface area contributed by atoms with Gasteiger partial charge in [-0.25, -0.2) is 0 Å². The lowest BCUT2D eigenvalue weighted by molar-refractivity contribution is 0.279. The molecular weight excluding hydrogens is 260 g/mol. The van der Waals surface area contributed by atoms with Crippen LogP contribution in [0.1, 0.15) is 29.9 Å². The van der Waals surface area contributed by atoms with E-state index in [9.17, 15) is 0 Å². The fraction of sp³-hybridized carbons (Fsp3) is 0.444. The Morgan fingerprint density at radius 3 is 2.43 bits per heavy atom. The summed E-state index contributed by atoms with van der Waals surface area (Å²) in [5.74, 6) is 1.01. The lowest BCUT2D eigenvalue weighted by Crippen LogP contribution is -2.34. The van der Waals surface area contributed by atoms with Crippen molar-refractivity contribution < 1.29 is 4.42 Å². The fourth-order valence-corrected chi connectivity index (χ4v) is 3.02. The van der Waals surface area contributed by atoms with Gasteiger partial charge >= 0.3 is 0 Å². The quantitative estimate of drug-likeness (QED) is 0.915. The molecule has 0 bridgehead atoms. The van der Waals surface area contributed by atoms with E-state index in [4.69, 9.17) is 4.42 Å². The van der Waals surface area contributed by atoms with Crippen molar-refractivity contribution in [1.29, 1.82) is 0 Å². The smallest absolute Gasteiger partial charge is 0.120 e. The number of benzene rings is 1. The highest BCUT2D eigenvalue weighted by Gasteiger charge is 2.13. The van der Waals surface area contributed by atoms with Gasteiger partial charge in [0, 0.05) is 26.2 Å². The van der Waals surface area contributed by atoms with Crippen LogP contribution in [0, 0.1) is 0 Å². The molecule has 1 aliphatic heterocycles. The molecule has 1 aromatic carbocycles. The van der Waals surface area contributed by atoms with E-state index in [-0.39, 0.29) is 6.04 Å². The monoisotopic (exact) mass is 284 g/mol. The van der Waals surface area contributed by atoms with Crippen molar-refractivity contribution in [2.75, 3.05) is 26.2 Å². The van der Waals surface area contributed by atoms with Crippen LogP contribution in [0.5, 0.6) is 0 Å². The highest BCUT2D eigenvalue weighted by atomic mass is 16.3. The number of fused-ring (bicyclic) bond motifs is 1. The van der Waals surface area contributed by atoms with Crippen LogP contribution in [-0.4, -0.2) is 31.1 Å². The van der Waals surface area contributed by atoms with E-state index in [1.165, 1.54) is 24.0 Å². The molecule has 1 unspecified atom stereocenters. The fourth-order valence-electron chi connectivity index (χ4n) is 3.02. The molecule has 3 nitrogen and oxygen atoms in total. The molecule has 3 heteroatoms. The first kappa shape index (κ1) is 14.4. The summed E-state index contributed by atoms with van der Waals surface area (Å²) < 4.78 is 5.42. The lowest BCUT2D eigenvalue weighted by atomic mass is 10.0. The molecule has 2 heterocycles. The van der Waals surface area contributed by atoms with Crippen LogP contribution in [0.2, 0.25) is 0 Å². The highest BCUT2D eigenvalue weighted by molar-refractivity contribution is 5.28. The molecule has 0 aliphatic carbocycles. The van der Waals surface area contributed by atoms with Crippen LogP contribution in [-0.2, 0) is 12.8 Å². The van der Waals surface area contributed by atoms with Gasteiger partial charge in [0.1, 0.15) is 5.76 Å². The SMILES string of the molecule is CC(NCCN1CCc2ccccc2CC1)c1ccco1. The Labute approximate surface area is 127 Å². The maximum absolute atomic E-state index is 5.42. The third kappa shape index (κ3) is 3.74. The third-order valence-corrected chi connectivity index (χ3v) is 4.36. The molecular formula is C18H24N2O. The molecule has 0 spiro atoms. The topological polar surface area (TPSA) is 28.4 Å². The summed E-state index contributed by atoms with van der Waals surface area (Å²) in [4.78, 5) is 2.56. The molecule has 0 saturated carbocycles. The molecule has 0 amide bonds. The summed E-state index contributed by atoms with van der Waals surface area (Å²) in [7, 11) is 0. The molecule has 0 saturated heterocycles. The first-order valence-corrected chi connectivity index (χ1v) is 7.89. The van der Waals surface area contributed by atoms with Crippen molar-refractivity contribution in [3.63, 3.8) is 0 Å². The normalized spacial score (nSPS) is 17.2. The van der Waals surface area contributed by atoms with Gasteiger partial charge < -0.3 is 14.6 Å². The van der Waals surface area contributed by atoms with E-state index in [1.54, 1.807) is 6.26 Å². The van der Waals surface area contributed by atoms with Crippen molar-refractivity contribution in [3.05, 3.63) is 59.5 Å². The summed E-state index contributed by atoms with van der Waals surface area (Å²) in [6.45, 7) is 6.57. The predicted molar refractivity (Wildman–Crippen MR) is 85.4 cm³/mol. The second kappa shape index (κ2) is 6.92. The Bertz CT molecular complexity index is 523. The van der Waals surface area contributed by atoms with Crippen molar-refractivity contribution in [1.82, 2.24) is 10.2 Å². The lowest BCUT2D eigenvalue weighted by Gasteiger charge is -2.21. The minimum absolute atomic E-state index is 0.282. The maximum Gasteiger partial charge on any atom is 0.120 e. The summed E-state index contributed by atoms with van der Waals surface area (Å²) >= 11 is 0. The molecule has 112 valence electrons. The minimum Gasteiger partial charge on any atom is -0.468 e. The summed E-state index contributed by atoms with van der Waals surface area (Å²) in [5, 5.41) is 3.54. The number of nitrogens with zero attached hydrogens (tertiary/aromatic N) is 1. The van der Waals surface area contributed by atoms with Gasteiger partial charge in [0.2, 0.25) is 0 Å². The van der Waals surface area contributed by atoms with Gasteiger partial charge in [0.25, 0.3) is 0 Å². The first-order chi connectivity index (χ1) is 10.3. The van der Waals surface area contributed by atoms with Gasteiger partial charge in [-0.2, -0.15) is 0 Å². The second-order valence-electron chi connectivity index (χ2n) is 5.80. The van der Waals surface area contributed by atoms with Crippen LogP contribution in [0.15, 0.2) is 47.1 Å². The average Bonchev–Trinajstić information content (AvgIpc) is 2.97. The molecule has 0 fully saturated rings. The summed E-state index contributed by atoms with van der Waals surface area (Å²) in [5.41, 5.74) is 3.05. The average molecular weight is 284 g/mol. The number of hydrogen-bond donors (Lipinski definition) is 1. The third-order valence-electron chi connectivity index (χ3n) is 4.36. The Balaban J connectivity index is 1.45. The highest BCUT2D eigenvalue weighted by Crippen LogP contribution is 2.15. The standard InChI is InChI=1S/C18H24N2O/c1-15(18-7-4-14-21-18)19-10-13-20-11-8-16-5-2-3-6-17(16)9-12-20/h2-7,14-15,19H,8-13H2,1H3. The van der Waals surface area contributed by atoms with E-state index in [2.05, 4.69) is 41.4 Å². The predicted octanol–water partition coefficient (Wildman–Crippen LogP) is 3.03. The second-order valence-corrected chi connectivity index (χ2v) is 5.80. The summed E-state index contributed by atoms with van der Waals surface area (Å²) in [6, 6.07) is 13.1. The molecule has 1 N–H and O–H groups in total. The molecule has 1 aliphatic rings. The number of furan rings is 1. The van der Waals surface area contributed by atoms with Crippen LogP contribution in [0.4, 0.5) is 0 Å². The number of rotatable bonds is 5. The number of hydrogen-bond acceptors (Lipinski definition) is 3. The first-order valence-electron chi connectivity index (χ1n) is 7.89. The van der Waals surface area contributed by atoms with Gasteiger partial charge in [0.15, 0.2) is 0 Å². The van der Waals surface area contributed by atoms with Crippen molar-refractivity contribution >= 4 is 0 Å². The van der Waals surface area contributed by atoms with E-state index in [1.807, 2.05) is 12.1 Å². The Kier molecular flexibility index (Phi) is 4.73. The van der Waals surface area contributed by atoms with Gasteiger partial charge in [-0.1, -0.05) is 24.3 Å². The Morgan fingerprint density at radius 1 is 1.10 bits per heavy atom. The van der Waals surface area contributed by atoms with Crippen LogP contribution in [0.25, 0.3) is 0 Å². The maximum atomic E-state index is 5.42. The van der Waals surface area contributed by atoms with E-state index >= 15 is 0 Å². The summed E-state index contributed by atoms with van der Waals surface area (Å²) in [6.07, 6.45) is 4.08. The van der Waals surface area contributed by atoms with Crippen LogP contribution >= 0.6 is 0 Å². The minimum atomic E-state index is 0.282. The van der Waals surface area contributed by atoms with Gasteiger partial charge in [-0.3, -0.25) is 0 Å². The van der Waals surface area contributed by atoms with Crippen molar-refractivity contribution in [2.24, 2.45) is 0 Å². The number of nitrogens with one attached hydrogen (secondary N) is 1. The Hall–Kier alpha value is -1.58.